The van der Waals surface area contributed by atoms with Crippen LogP contribution < -0.4 is 16.0 Å². The second-order valence-corrected chi connectivity index (χ2v) is 6.46. The molecule has 1 aromatic rings. The van der Waals surface area contributed by atoms with E-state index in [2.05, 4.69) is 74.8 Å². The van der Waals surface area contributed by atoms with E-state index in [1.165, 1.54) is 5.56 Å². The van der Waals surface area contributed by atoms with Crippen molar-refractivity contribution in [3.63, 3.8) is 0 Å². The molecule has 120 valence electrons. The molecule has 0 aliphatic rings. The highest BCUT2D eigenvalue weighted by atomic mass is 32.1. The molecule has 21 heavy (non-hydrogen) atoms. The zero-order valence-electron chi connectivity index (χ0n) is 14.5. The van der Waals surface area contributed by atoms with E-state index < -0.39 is 0 Å². The van der Waals surface area contributed by atoms with Crippen molar-refractivity contribution in [3.8, 4) is 0 Å². The van der Waals surface area contributed by atoms with Gasteiger partial charge in [0.25, 0.3) is 0 Å². The summed E-state index contributed by atoms with van der Waals surface area (Å²) in [5, 5.41) is 10.5. The van der Waals surface area contributed by atoms with Gasteiger partial charge in [-0.15, -0.1) is 0 Å². The zero-order chi connectivity index (χ0) is 16.5. The first-order valence-corrected chi connectivity index (χ1v) is 8.08. The monoisotopic (exact) mass is 309 g/mol. The second-order valence-electron chi connectivity index (χ2n) is 6.05. The number of rotatable bonds is 4. The molecule has 0 aliphatic heterocycles. The van der Waals surface area contributed by atoms with E-state index in [-0.39, 0.29) is 5.54 Å². The molecular weight excluding hydrogens is 278 g/mol. The first-order valence-electron chi connectivity index (χ1n) is 7.68. The van der Waals surface area contributed by atoms with Crippen LogP contribution in [0.3, 0.4) is 0 Å². The van der Waals surface area contributed by atoms with Crippen LogP contribution in [0.5, 0.6) is 0 Å². The van der Waals surface area contributed by atoms with Crippen molar-refractivity contribution >= 4 is 23.0 Å². The first kappa shape index (κ1) is 19.7. The maximum atomic E-state index is 5.25. The summed E-state index contributed by atoms with van der Waals surface area (Å²) >= 11 is 5.25. The van der Waals surface area contributed by atoms with Gasteiger partial charge >= 0.3 is 0 Å². The Labute approximate surface area is 135 Å². The van der Waals surface area contributed by atoms with Crippen molar-refractivity contribution in [2.75, 3.05) is 5.32 Å². The third-order valence-corrected chi connectivity index (χ3v) is 2.60. The number of hydrogen-bond acceptors (Lipinski definition) is 2. The molecule has 0 atom stereocenters. The third-order valence-electron chi connectivity index (χ3n) is 2.35. The highest BCUT2D eigenvalue weighted by Gasteiger charge is 2.10. The summed E-state index contributed by atoms with van der Waals surface area (Å²) in [5.41, 5.74) is 2.36. The minimum Gasteiger partial charge on any atom is -0.383 e. The topological polar surface area (TPSA) is 36.1 Å². The van der Waals surface area contributed by atoms with Gasteiger partial charge in [-0.25, -0.2) is 0 Å². The van der Waals surface area contributed by atoms with E-state index in [4.69, 9.17) is 12.2 Å². The number of hydrogen-bond donors (Lipinski definition) is 3. The van der Waals surface area contributed by atoms with Crippen molar-refractivity contribution in [1.29, 1.82) is 0 Å². The largest absolute Gasteiger partial charge is 0.383 e. The van der Waals surface area contributed by atoms with Gasteiger partial charge in [0.2, 0.25) is 0 Å². The predicted octanol–water partition coefficient (Wildman–Crippen LogP) is 4.30. The molecule has 0 saturated carbocycles. The van der Waals surface area contributed by atoms with Crippen LogP contribution in [-0.4, -0.2) is 16.7 Å². The fraction of sp³-hybridized carbons (Fsp3) is 0.588. The highest BCUT2D eigenvalue weighted by Crippen LogP contribution is 2.10. The molecule has 0 radical (unpaired) electrons. The van der Waals surface area contributed by atoms with E-state index in [1.54, 1.807) is 0 Å². The summed E-state index contributed by atoms with van der Waals surface area (Å²) < 4.78 is 0. The second kappa shape index (κ2) is 9.61. The lowest BCUT2D eigenvalue weighted by atomic mass is 10.1. The van der Waals surface area contributed by atoms with Crippen LogP contribution in [0.4, 0.5) is 5.69 Å². The van der Waals surface area contributed by atoms with Crippen molar-refractivity contribution in [2.24, 2.45) is 0 Å². The summed E-state index contributed by atoms with van der Waals surface area (Å²) in [6, 6.07) is 8.86. The van der Waals surface area contributed by atoms with Gasteiger partial charge in [-0.2, -0.15) is 0 Å². The Balaban J connectivity index is 0.00000191. The standard InChI is InChI=1S/C15H25N3S.C2H6/c1-11(2)17-13-8-6-12(7-9-13)10-16-14(19)18-15(3,4)5;1-2/h6-9,11,17H,10H2,1-5H3,(H2,16,18,19);1-2H3. The van der Waals surface area contributed by atoms with Crippen LogP contribution in [0.1, 0.15) is 54.0 Å². The maximum Gasteiger partial charge on any atom is 0.166 e. The van der Waals surface area contributed by atoms with Crippen molar-refractivity contribution in [2.45, 2.75) is 66.6 Å². The Morgan fingerprint density at radius 1 is 1.10 bits per heavy atom. The molecule has 0 aliphatic carbocycles. The predicted molar refractivity (Wildman–Crippen MR) is 98.9 cm³/mol. The van der Waals surface area contributed by atoms with Gasteiger partial charge < -0.3 is 16.0 Å². The van der Waals surface area contributed by atoms with Crippen LogP contribution in [-0.2, 0) is 6.54 Å². The normalized spacial score (nSPS) is 10.5. The molecule has 0 fully saturated rings. The fourth-order valence-electron chi connectivity index (χ4n) is 1.62. The quantitative estimate of drug-likeness (QED) is 0.725. The molecule has 0 unspecified atom stereocenters. The Morgan fingerprint density at radius 2 is 1.62 bits per heavy atom. The molecule has 0 saturated heterocycles. The van der Waals surface area contributed by atoms with Gasteiger partial charge in [0.15, 0.2) is 5.11 Å². The molecule has 3 nitrogen and oxygen atoms in total. The zero-order valence-corrected chi connectivity index (χ0v) is 15.3. The summed E-state index contributed by atoms with van der Waals surface area (Å²) in [6.45, 7) is 15.3. The fourth-order valence-corrected chi connectivity index (χ4v) is 2.00. The van der Waals surface area contributed by atoms with Crippen molar-refractivity contribution in [1.82, 2.24) is 10.6 Å². The van der Waals surface area contributed by atoms with Crippen LogP contribution in [0, 0.1) is 0 Å². The van der Waals surface area contributed by atoms with Crippen LogP contribution >= 0.6 is 12.2 Å². The molecular formula is C17H31N3S. The molecule has 0 amide bonds. The molecule has 4 heteroatoms. The molecule has 0 bridgehead atoms. The van der Waals surface area contributed by atoms with Crippen LogP contribution in [0.2, 0.25) is 0 Å². The maximum absolute atomic E-state index is 5.25. The van der Waals surface area contributed by atoms with Gasteiger partial charge in [0.1, 0.15) is 0 Å². The highest BCUT2D eigenvalue weighted by molar-refractivity contribution is 7.80. The Kier molecular flexibility index (Phi) is 9.02. The summed E-state index contributed by atoms with van der Waals surface area (Å²) in [5.74, 6) is 0. The van der Waals surface area contributed by atoms with Crippen molar-refractivity contribution < 1.29 is 0 Å². The smallest absolute Gasteiger partial charge is 0.166 e. The Morgan fingerprint density at radius 3 is 2.05 bits per heavy atom. The molecule has 1 aromatic carbocycles. The van der Waals surface area contributed by atoms with E-state index in [9.17, 15) is 0 Å². The van der Waals surface area contributed by atoms with Gasteiger partial charge in [0, 0.05) is 23.8 Å². The lowest BCUT2D eigenvalue weighted by Gasteiger charge is -2.23. The SMILES string of the molecule is CC.CC(C)Nc1ccc(CNC(=S)NC(C)(C)C)cc1. The molecule has 0 aromatic heterocycles. The molecule has 1 rings (SSSR count). The van der Waals surface area contributed by atoms with E-state index in [0.29, 0.717) is 11.2 Å². The average molecular weight is 310 g/mol. The van der Waals surface area contributed by atoms with Gasteiger partial charge in [-0.3, -0.25) is 0 Å². The van der Waals surface area contributed by atoms with E-state index in [1.807, 2.05) is 13.8 Å². The molecule has 3 N–H and O–H groups in total. The lowest BCUT2D eigenvalue weighted by molar-refractivity contribution is 0.506. The number of nitrogens with one attached hydrogen (secondary N) is 3. The van der Waals surface area contributed by atoms with Gasteiger partial charge in [-0.05, 0) is 64.5 Å². The van der Waals surface area contributed by atoms with Gasteiger partial charge in [-0.1, -0.05) is 26.0 Å². The minimum absolute atomic E-state index is 0.00484. The van der Waals surface area contributed by atoms with Crippen molar-refractivity contribution in [3.05, 3.63) is 29.8 Å². The van der Waals surface area contributed by atoms with E-state index in [0.717, 1.165) is 12.2 Å². The number of benzene rings is 1. The van der Waals surface area contributed by atoms with E-state index >= 15 is 0 Å². The Hall–Kier alpha value is -1.29. The third kappa shape index (κ3) is 10.1. The summed E-state index contributed by atoms with van der Waals surface area (Å²) in [7, 11) is 0. The molecule has 0 spiro atoms. The lowest BCUT2D eigenvalue weighted by Crippen LogP contribution is -2.45. The first-order chi connectivity index (χ1) is 9.76. The molecule has 0 heterocycles. The minimum atomic E-state index is -0.00484. The van der Waals surface area contributed by atoms with Crippen LogP contribution in [0.15, 0.2) is 24.3 Å². The van der Waals surface area contributed by atoms with Gasteiger partial charge in [0.05, 0.1) is 0 Å². The Bertz CT molecular complexity index is 405. The number of thiocarbonyl (C=S) groups is 1. The average Bonchev–Trinajstić information content (AvgIpc) is 2.38. The summed E-state index contributed by atoms with van der Waals surface area (Å²) in [6.07, 6.45) is 0. The van der Waals surface area contributed by atoms with Crippen LogP contribution in [0.25, 0.3) is 0 Å². The number of anilines is 1. The summed E-state index contributed by atoms with van der Waals surface area (Å²) in [4.78, 5) is 0.